The summed E-state index contributed by atoms with van der Waals surface area (Å²) in [4.78, 5) is 4.01. The summed E-state index contributed by atoms with van der Waals surface area (Å²) in [5, 5.41) is 6.47. The Kier molecular flexibility index (Phi) is 4.83. The number of hydrogen-bond acceptors (Lipinski definition) is 2. The van der Waals surface area contributed by atoms with Crippen LogP contribution in [0, 0.1) is 11.4 Å². The second kappa shape index (κ2) is 5.40. The fourth-order valence-electron chi connectivity index (χ4n) is 0.544. The molecule has 5 nitrogen and oxygen atoms in total. The van der Waals surface area contributed by atoms with Gasteiger partial charge >= 0.3 is 0 Å². The van der Waals surface area contributed by atoms with Gasteiger partial charge in [0.25, 0.3) is 0 Å². The number of nitrogens with one attached hydrogen (secondary N) is 1. The number of rotatable bonds is 3. The van der Waals surface area contributed by atoms with E-state index in [0.717, 1.165) is 0 Å². The summed E-state index contributed by atoms with van der Waals surface area (Å²) in [6.07, 6.45) is 0.684. The maximum atomic E-state index is 6.56. The fourth-order valence-corrected chi connectivity index (χ4v) is 0.544. The van der Waals surface area contributed by atoms with Crippen LogP contribution >= 0.6 is 0 Å². The Morgan fingerprint density at radius 2 is 2.08 bits per heavy atom. The van der Waals surface area contributed by atoms with Gasteiger partial charge in [0, 0.05) is 12.3 Å². The van der Waals surface area contributed by atoms with Crippen molar-refractivity contribution in [3.8, 4) is 0 Å². The second-order valence-corrected chi connectivity index (χ2v) is 2.67. The first kappa shape index (κ1) is 10.7. The lowest BCUT2D eigenvalue weighted by atomic mass is 10.2. The van der Waals surface area contributed by atoms with E-state index in [2.05, 4.69) is 15.3 Å². The molecule has 0 heterocycles. The van der Waals surface area contributed by atoms with Crippen molar-refractivity contribution in [3.05, 3.63) is 0 Å². The van der Waals surface area contributed by atoms with Crippen LogP contribution in [-0.2, 0) is 0 Å². The number of hydrogen-bond donors (Lipinski definition) is 2. The molecule has 0 aliphatic carbocycles. The number of aliphatic imine (C=N–C) groups is 1. The smallest absolute Gasteiger partial charge is 0.157 e. The first-order valence-corrected chi connectivity index (χ1v) is 3.89. The van der Waals surface area contributed by atoms with Crippen LogP contribution < -0.4 is 5.73 Å². The summed E-state index contributed by atoms with van der Waals surface area (Å²) in [5.74, 6) is 1.17. The maximum absolute atomic E-state index is 6.56. The molecule has 0 bridgehead atoms. The van der Waals surface area contributed by atoms with Gasteiger partial charge in [0.1, 0.15) is 5.84 Å². The number of nitrogens with two attached hydrogens (primary N) is 1. The van der Waals surface area contributed by atoms with E-state index in [-0.39, 0.29) is 5.92 Å². The van der Waals surface area contributed by atoms with Gasteiger partial charge in [-0.1, -0.05) is 26.0 Å². The molecule has 3 N–H and O–H groups in total. The molecule has 0 aromatic carbocycles. The van der Waals surface area contributed by atoms with E-state index in [1.807, 2.05) is 20.8 Å². The van der Waals surface area contributed by atoms with Crippen molar-refractivity contribution in [1.82, 2.24) is 0 Å². The molecule has 0 rings (SSSR count). The van der Waals surface area contributed by atoms with E-state index in [0.29, 0.717) is 18.1 Å². The predicted molar refractivity (Wildman–Crippen MR) is 49.3 cm³/mol. The molecule has 0 unspecified atom stereocenters. The largest absolute Gasteiger partial charge is 0.387 e. The Morgan fingerprint density at radius 1 is 1.50 bits per heavy atom. The highest BCUT2D eigenvalue weighted by atomic mass is 15.3. The van der Waals surface area contributed by atoms with Gasteiger partial charge in [-0.3, -0.25) is 0 Å². The summed E-state index contributed by atoms with van der Waals surface area (Å²) in [6.45, 7) is 5.77. The number of amidine groups is 2. The van der Waals surface area contributed by atoms with Crippen molar-refractivity contribution in [2.45, 2.75) is 27.2 Å². The lowest BCUT2D eigenvalue weighted by Gasteiger charge is -2.02. The van der Waals surface area contributed by atoms with Crippen LogP contribution in [0.3, 0.4) is 0 Å². The molecule has 0 spiro atoms. The summed E-state index contributed by atoms with van der Waals surface area (Å²) in [7, 11) is 0. The van der Waals surface area contributed by atoms with Crippen LogP contribution in [-0.4, -0.2) is 11.7 Å². The molecule has 0 aromatic rings. The molecule has 0 saturated heterocycles. The second-order valence-electron chi connectivity index (χ2n) is 2.67. The van der Waals surface area contributed by atoms with Crippen LogP contribution in [0.15, 0.2) is 15.3 Å². The highest BCUT2D eigenvalue weighted by Gasteiger charge is 2.03. The third kappa shape index (κ3) is 3.80. The lowest BCUT2D eigenvalue weighted by molar-refractivity contribution is 0.846. The molecule has 0 aromatic heterocycles. The van der Waals surface area contributed by atoms with Gasteiger partial charge in [0.2, 0.25) is 0 Å². The Morgan fingerprint density at radius 3 is 2.42 bits per heavy atom. The van der Waals surface area contributed by atoms with Crippen molar-refractivity contribution in [1.29, 1.82) is 5.53 Å². The first-order chi connectivity index (χ1) is 5.61. The van der Waals surface area contributed by atoms with E-state index in [1.54, 1.807) is 0 Å². The summed E-state index contributed by atoms with van der Waals surface area (Å²) in [6, 6.07) is 0. The molecule has 0 saturated carbocycles. The third-order valence-corrected chi connectivity index (χ3v) is 1.29. The van der Waals surface area contributed by atoms with Gasteiger partial charge in [-0.15, -0.1) is 5.10 Å². The monoisotopic (exact) mass is 169 g/mol. The Balaban J connectivity index is 4.54. The molecule has 0 fully saturated rings. The van der Waals surface area contributed by atoms with Gasteiger partial charge in [-0.05, 0) is 0 Å². The minimum atomic E-state index is 0.143. The zero-order chi connectivity index (χ0) is 9.56. The summed E-state index contributed by atoms with van der Waals surface area (Å²) >= 11 is 0. The molecule has 0 aliphatic rings. The molecule has 5 heteroatoms. The van der Waals surface area contributed by atoms with Crippen molar-refractivity contribution in [2.24, 2.45) is 27.0 Å². The molecule has 0 atom stereocenters. The van der Waals surface area contributed by atoms with E-state index < -0.39 is 0 Å². The molecule has 0 aliphatic heterocycles. The van der Waals surface area contributed by atoms with Crippen LogP contribution in [0.1, 0.15) is 27.2 Å². The van der Waals surface area contributed by atoms with E-state index in [4.69, 9.17) is 11.3 Å². The zero-order valence-corrected chi connectivity index (χ0v) is 7.70. The first-order valence-electron chi connectivity index (χ1n) is 3.89. The Bertz CT molecular complexity index is 204. The van der Waals surface area contributed by atoms with Gasteiger partial charge in [0.15, 0.2) is 5.84 Å². The topological polar surface area (TPSA) is 86.9 Å². The molecular weight excluding hydrogens is 154 g/mol. The van der Waals surface area contributed by atoms with Crippen molar-refractivity contribution < 1.29 is 0 Å². The van der Waals surface area contributed by atoms with E-state index in [1.165, 1.54) is 0 Å². The van der Waals surface area contributed by atoms with Crippen LogP contribution in [0.4, 0.5) is 0 Å². The van der Waals surface area contributed by atoms with Crippen molar-refractivity contribution >= 4 is 11.7 Å². The molecule has 68 valence electrons. The minimum absolute atomic E-state index is 0.143. The fraction of sp³-hybridized carbons (Fsp3) is 0.714. The molecular formula is C7H15N5. The Hall–Kier alpha value is -1.26. The zero-order valence-electron chi connectivity index (χ0n) is 7.70. The van der Waals surface area contributed by atoms with Crippen LogP contribution in [0.2, 0.25) is 0 Å². The van der Waals surface area contributed by atoms with Gasteiger partial charge in [-0.2, -0.15) is 5.53 Å². The van der Waals surface area contributed by atoms with Crippen molar-refractivity contribution in [2.75, 3.05) is 0 Å². The highest BCUT2D eigenvalue weighted by molar-refractivity contribution is 5.96. The average Bonchev–Trinajstić information content (AvgIpc) is 2.03. The minimum Gasteiger partial charge on any atom is -0.387 e. The lowest BCUT2D eigenvalue weighted by Crippen LogP contribution is -2.15. The van der Waals surface area contributed by atoms with Crippen molar-refractivity contribution in [3.63, 3.8) is 0 Å². The summed E-state index contributed by atoms with van der Waals surface area (Å²) < 4.78 is 0. The standard InChI is InChI=1S/C7H15N5/c1-4-6(8)10-7(5(2)3)11-12-9/h5H,4H2,1-3H3,(H3,8,9,10,11). The SMILES string of the molecule is CCC(N)=N/C(=N\N=N)C(C)C. The van der Waals surface area contributed by atoms with Gasteiger partial charge in [0.05, 0.1) is 0 Å². The van der Waals surface area contributed by atoms with Crippen LogP contribution in [0.5, 0.6) is 0 Å². The van der Waals surface area contributed by atoms with E-state index >= 15 is 0 Å². The summed E-state index contributed by atoms with van der Waals surface area (Å²) in [5.41, 5.74) is 12.1. The van der Waals surface area contributed by atoms with Gasteiger partial charge in [-0.25, -0.2) is 4.99 Å². The predicted octanol–water partition coefficient (Wildman–Crippen LogP) is 1.75. The molecule has 0 amide bonds. The van der Waals surface area contributed by atoms with E-state index in [9.17, 15) is 0 Å². The molecule has 12 heavy (non-hydrogen) atoms. The third-order valence-electron chi connectivity index (χ3n) is 1.29. The normalized spacial score (nSPS) is 13.7. The maximum Gasteiger partial charge on any atom is 0.157 e. The number of nitrogens with zero attached hydrogens (tertiary/aromatic N) is 3. The highest BCUT2D eigenvalue weighted by Crippen LogP contribution is 1.99. The quantitative estimate of drug-likeness (QED) is 0.287. The van der Waals surface area contributed by atoms with Crippen LogP contribution in [0.25, 0.3) is 0 Å². The average molecular weight is 169 g/mol. The Labute approximate surface area is 72.3 Å². The van der Waals surface area contributed by atoms with Gasteiger partial charge < -0.3 is 5.73 Å². The molecule has 0 radical (unpaired) electrons.